The molecule has 0 radical (unpaired) electrons. The lowest BCUT2D eigenvalue weighted by Gasteiger charge is -2.24. The molecule has 0 unspecified atom stereocenters. The maximum atomic E-state index is 13.3. The summed E-state index contributed by atoms with van der Waals surface area (Å²) in [5.74, 6) is 0.00515. The average Bonchev–Trinajstić information content (AvgIpc) is 3.56. The van der Waals surface area contributed by atoms with Gasteiger partial charge in [-0.1, -0.05) is 29.4 Å². The van der Waals surface area contributed by atoms with Gasteiger partial charge >= 0.3 is 6.18 Å². The molecule has 0 aliphatic rings. The smallest absolute Gasteiger partial charge is 0.399 e. The molecular weight excluding hydrogens is 513 g/mol. The molecule has 0 bridgehead atoms. The highest BCUT2D eigenvalue weighted by Gasteiger charge is 2.50. The van der Waals surface area contributed by atoms with Gasteiger partial charge in [0.15, 0.2) is 0 Å². The zero-order valence-corrected chi connectivity index (χ0v) is 21.2. The molecule has 0 spiro atoms. The number of benzene rings is 1. The van der Waals surface area contributed by atoms with Crippen LogP contribution in [0.25, 0.3) is 27.9 Å². The zero-order valence-electron chi connectivity index (χ0n) is 21.2. The first kappa shape index (κ1) is 25.9. The van der Waals surface area contributed by atoms with Crippen LogP contribution in [0, 0.1) is 0 Å². The second-order valence-electron chi connectivity index (χ2n) is 9.36. The molecule has 0 aliphatic carbocycles. The van der Waals surface area contributed by atoms with Crippen LogP contribution >= 0.6 is 0 Å². The molecule has 4 aromatic heterocycles. The number of aromatic nitrogens is 5. The highest BCUT2D eigenvalue weighted by molar-refractivity contribution is 5.93. The van der Waals surface area contributed by atoms with Crippen molar-refractivity contribution < 1.29 is 27.2 Å². The first-order valence-electron chi connectivity index (χ1n) is 11.8. The molecule has 0 saturated heterocycles. The van der Waals surface area contributed by atoms with Crippen molar-refractivity contribution >= 4 is 17.3 Å². The lowest BCUT2D eigenvalue weighted by Crippen LogP contribution is -2.36. The van der Waals surface area contributed by atoms with Crippen LogP contribution in [-0.4, -0.2) is 43.9 Å². The van der Waals surface area contributed by atoms with E-state index in [-0.39, 0.29) is 18.0 Å². The van der Waals surface area contributed by atoms with Gasteiger partial charge in [0, 0.05) is 29.6 Å². The molecule has 0 aliphatic heterocycles. The fraction of sp³-hybridized carbons (Fsp3) is 0.222. The van der Waals surface area contributed by atoms with Crippen molar-refractivity contribution in [2.24, 2.45) is 0 Å². The Labute approximate surface area is 220 Å². The first-order valence-corrected chi connectivity index (χ1v) is 11.8. The summed E-state index contributed by atoms with van der Waals surface area (Å²) in [5.41, 5.74) is 2.12. The number of anilines is 1. The van der Waals surface area contributed by atoms with E-state index in [1.165, 1.54) is 0 Å². The Balaban J connectivity index is 1.35. The number of nitrogens with zero attached hydrogens (tertiary/aromatic N) is 5. The van der Waals surface area contributed by atoms with Gasteiger partial charge in [-0.05, 0) is 31.0 Å². The molecule has 1 N–H and O–H groups in total. The van der Waals surface area contributed by atoms with Gasteiger partial charge in [-0.25, -0.2) is 4.52 Å². The molecule has 39 heavy (non-hydrogen) atoms. The SMILES string of the molecule is COc1cc(-c2cnccn2)c2c(-c3ccc(CC(=O)Nc4cc(C(C)(C)C(F)(F)F)no4)cc3)cnn2c1. The Hall–Kier alpha value is -4.74. The third-order valence-electron chi connectivity index (χ3n) is 6.41. The van der Waals surface area contributed by atoms with E-state index >= 15 is 0 Å². The number of ether oxygens (including phenoxy) is 1. The first-order chi connectivity index (χ1) is 18.6. The molecule has 1 aromatic carbocycles. The van der Waals surface area contributed by atoms with E-state index < -0.39 is 17.5 Å². The predicted octanol–water partition coefficient (Wildman–Crippen LogP) is 5.48. The van der Waals surface area contributed by atoms with Crippen LogP contribution in [0.1, 0.15) is 25.1 Å². The summed E-state index contributed by atoms with van der Waals surface area (Å²) in [4.78, 5) is 21.1. The van der Waals surface area contributed by atoms with Gasteiger partial charge in [-0.2, -0.15) is 18.3 Å². The largest absolute Gasteiger partial charge is 0.495 e. The summed E-state index contributed by atoms with van der Waals surface area (Å²) in [6.45, 7) is 1.99. The maximum Gasteiger partial charge on any atom is 0.399 e. The lowest BCUT2D eigenvalue weighted by atomic mass is 9.89. The fourth-order valence-electron chi connectivity index (χ4n) is 4.00. The second kappa shape index (κ2) is 9.86. The number of carbonyl (C=O) groups is 1. The van der Waals surface area contributed by atoms with Gasteiger partial charge in [0.25, 0.3) is 0 Å². The van der Waals surface area contributed by atoms with Crippen molar-refractivity contribution in [2.75, 3.05) is 12.4 Å². The molecule has 0 saturated carbocycles. The number of methoxy groups -OCH3 is 1. The van der Waals surface area contributed by atoms with E-state index in [9.17, 15) is 18.0 Å². The number of pyridine rings is 1. The Morgan fingerprint density at radius 1 is 1.08 bits per heavy atom. The highest BCUT2D eigenvalue weighted by atomic mass is 19.4. The summed E-state index contributed by atoms with van der Waals surface area (Å²) in [6.07, 6.45) is 3.83. The monoisotopic (exact) mass is 536 g/mol. The van der Waals surface area contributed by atoms with Crippen LogP contribution in [0.4, 0.5) is 19.1 Å². The minimum Gasteiger partial charge on any atom is -0.495 e. The van der Waals surface area contributed by atoms with Crippen LogP contribution in [0.2, 0.25) is 0 Å². The van der Waals surface area contributed by atoms with Crippen LogP contribution in [0.15, 0.2) is 71.9 Å². The normalized spacial score (nSPS) is 12.1. The van der Waals surface area contributed by atoms with Gasteiger partial charge in [-0.3, -0.25) is 20.1 Å². The van der Waals surface area contributed by atoms with E-state index in [2.05, 4.69) is 25.5 Å². The number of fused-ring (bicyclic) bond motifs is 1. The fourth-order valence-corrected chi connectivity index (χ4v) is 4.00. The number of nitrogens with one attached hydrogen (secondary N) is 1. The van der Waals surface area contributed by atoms with Gasteiger partial charge in [0.05, 0.1) is 43.3 Å². The van der Waals surface area contributed by atoms with E-state index in [0.717, 1.165) is 42.1 Å². The maximum absolute atomic E-state index is 13.3. The van der Waals surface area contributed by atoms with Crippen molar-refractivity contribution in [1.82, 2.24) is 24.7 Å². The van der Waals surface area contributed by atoms with Gasteiger partial charge in [0.1, 0.15) is 16.9 Å². The molecule has 1 amide bonds. The number of halogens is 3. The van der Waals surface area contributed by atoms with Gasteiger partial charge in [-0.15, -0.1) is 0 Å². The van der Waals surface area contributed by atoms with Crippen molar-refractivity contribution in [3.8, 4) is 28.1 Å². The van der Waals surface area contributed by atoms with Crippen molar-refractivity contribution in [1.29, 1.82) is 0 Å². The average molecular weight is 537 g/mol. The standard InChI is InChI=1S/C27H23F3N6O3/c1-26(2,27(28,29)30)22-12-24(39-35-22)34-23(37)10-16-4-6-17(7-5-16)20-13-33-36-15-18(38-3)11-19(25(20)36)21-14-31-8-9-32-21/h4-9,11-15H,10H2,1-3H3,(H,34,37). The van der Waals surface area contributed by atoms with E-state index in [1.807, 2.05) is 18.2 Å². The Morgan fingerprint density at radius 3 is 2.51 bits per heavy atom. The third-order valence-corrected chi connectivity index (χ3v) is 6.41. The van der Waals surface area contributed by atoms with E-state index in [1.54, 1.807) is 54.7 Å². The quantitative estimate of drug-likeness (QED) is 0.294. The molecule has 0 fully saturated rings. The number of carbonyl (C=O) groups excluding carboxylic acids is 1. The van der Waals surface area contributed by atoms with Crippen LogP contribution in [0.3, 0.4) is 0 Å². The number of hydrogen-bond donors (Lipinski definition) is 1. The summed E-state index contributed by atoms with van der Waals surface area (Å²) in [5, 5.41) is 10.4. The highest BCUT2D eigenvalue weighted by Crippen LogP contribution is 2.40. The minimum atomic E-state index is -4.52. The zero-order chi connectivity index (χ0) is 27.8. The molecule has 0 atom stereocenters. The minimum absolute atomic E-state index is 0.0181. The van der Waals surface area contributed by atoms with Crippen molar-refractivity contribution in [3.05, 3.63) is 78.6 Å². The summed E-state index contributed by atoms with van der Waals surface area (Å²) in [6, 6.07) is 10.3. The van der Waals surface area contributed by atoms with Crippen molar-refractivity contribution in [3.63, 3.8) is 0 Å². The van der Waals surface area contributed by atoms with Gasteiger partial charge in [0.2, 0.25) is 11.8 Å². The summed E-state index contributed by atoms with van der Waals surface area (Å²) >= 11 is 0. The molecule has 5 rings (SSSR count). The molecule has 200 valence electrons. The van der Waals surface area contributed by atoms with Crippen molar-refractivity contribution in [2.45, 2.75) is 31.9 Å². The Morgan fingerprint density at radius 2 is 1.85 bits per heavy atom. The predicted molar refractivity (Wildman–Crippen MR) is 136 cm³/mol. The van der Waals surface area contributed by atoms with Gasteiger partial charge < -0.3 is 9.26 Å². The second-order valence-corrected chi connectivity index (χ2v) is 9.36. The Kier molecular flexibility index (Phi) is 6.54. The molecule has 4 heterocycles. The molecular formula is C27H23F3N6O3. The number of alkyl halides is 3. The van der Waals surface area contributed by atoms with Crippen LogP contribution in [-0.2, 0) is 16.6 Å². The summed E-state index contributed by atoms with van der Waals surface area (Å²) in [7, 11) is 1.57. The molecule has 5 aromatic rings. The summed E-state index contributed by atoms with van der Waals surface area (Å²) < 4.78 is 51.8. The Bertz CT molecular complexity index is 1630. The lowest BCUT2D eigenvalue weighted by molar-refractivity contribution is -0.181. The van der Waals surface area contributed by atoms with E-state index in [0.29, 0.717) is 17.0 Å². The topological polar surface area (TPSA) is 107 Å². The number of hydrogen-bond acceptors (Lipinski definition) is 7. The van der Waals surface area contributed by atoms with E-state index in [4.69, 9.17) is 9.26 Å². The number of amides is 1. The molecule has 9 nitrogen and oxygen atoms in total. The number of rotatable bonds is 7. The van der Waals surface area contributed by atoms with Crippen LogP contribution in [0.5, 0.6) is 5.75 Å². The molecule has 12 heteroatoms. The van der Waals surface area contributed by atoms with Crippen LogP contribution < -0.4 is 10.1 Å². The third kappa shape index (κ3) is 5.05.